The van der Waals surface area contributed by atoms with Gasteiger partial charge in [0.2, 0.25) is 0 Å². The van der Waals surface area contributed by atoms with Crippen LogP contribution in [0.5, 0.6) is 0 Å². The number of hydrogen-bond acceptors (Lipinski definition) is 4. The van der Waals surface area contributed by atoms with E-state index in [1.54, 1.807) is 18.3 Å². The third-order valence-electron chi connectivity index (χ3n) is 4.33. The molecule has 27 heavy (non-hydrogen) atoms. The molecule has 1 atom stereocenters. The van der Waals surface area contributed by atoms with E-state index >= 15 is 0 Å². The number of amides is 2. The first-order chi connectivity index (χ1) is 13.2. The third kappa shape index (κ3) is 3.42. The van der Waals surface area contributed by atoms with Gasteiger partial charge in [0.25, 0.3) is 11.8 Å². The maximum Gasteiger partial charge on any atom is 0.262 e. The van der Waals surface area contributed by atoms with Crippen molar-refractivity contribution in [2.45, 2.75) is 6.04 Å². The Bertz CT molecular complexity index is 1010. The van der Waals surface area contributed by atoms with Gasteiger partial charge in [0.15, 0.2) is 0 Å². The summed E-state index contributed by atoms with van der Waals surface area (Å²) in [5, 5.41) is 15.9. The van der Waals surface area contributed by atoms with E-state index in [1.165, 1.54) is 11.3 Å². The smallest absolute Gasteiger partial charge is 0.262 e. The standard InChI is InChI=1S/C20H17N3O3S/c24-11-16(12-5-2-1-3-6-12)22-19(26)17-10-15-14(9-13-7-4-8-21-13)18(25)23-20(15)27-17/h1-10,16,21,24H,11H2,(H,22,26)(H,23,25)/t16-/m0/s1. The highest BCUT2D eigenvalue weighted by Gasteiger charge is 2.29. The van der Waals surface area contributed by atoms with Crippen LogP contribution in [0, 0.1) is 0 Å². The minimum atomic E-state index is -0.487. The number of thiophene rings is 1. The highest BCUT2D eigenvalue weighted by Crippen LogP contribution is 2.39. The summed E-state index contributed by atoms with van der Waals surface area (Å²) in [7, 11) is 0. The number of aromatic nitrogens is 1. The van der Waals surface area contributed by atoms with Crippen molar-refractivity contribution in [3.05, 3.63) is 76.4 Å². The summed E-state index contributed by atoms with van der Waals surface area (Å²) in [4.78, 5) is 28.4. The van der Waals surface area contributed by atoms with Crippen LogP contribution in [0.2, 0.25) is 0 Å². The van der Waals surface area contributed by atoms with Gasteiger partial charge in [-0.15, -0.1) is 11.3 Å². The van der Waals surface area contributed by atoms with E-state index in [-0.39, 0.29) is 18.4 Å². The number of rotatable bonds is 5. The number of anilines is 1. The number of benzene rings is 1. The van der Waals surface area contributed by atoms with Crippen molar-refractivity contribution >= 4 is 39.8 Å². The van der Waals surface area contributed by atoms with E-state index in [4.69, 9.17) is 0 Å². The second-order valence-electron chi connectivity index (χ2n) is 6.11. The van der Waals surface area contributed by atoms with Crippen molar-refractivity contribution < 1.29 is 14.7 Å². The van der Waals surface area contributed by atoms with E-state index < -0.39 is 6.04 Å². The second kappa shape index (κ2) is 7.22. The van der Waals surface area contributed by atoms with Gasteiger partial charge in [0.1, 0.15) is 5.00 Å². The Morgan fingerprint density at radius 2 is 2.04 bits per heavy atom. The highest BCUT2D eigenvalue weighted by atomic mass is 32.1. The summed E-state index contributed by atoms with van der Waals surface area (Å²) in [5.41, 5.74) is 2.88. The van der Waals surface area contributed by atoms with Crippen LogP contribution in [0.4, 0.5) is 5.00 Å². The number of carbonyl (C=O) groups excluding carboxylic acids is 2. The Kier molecular flexibility index (Phi) is 4.62. The van der Waals surface area contributed by atoms with E-state index in [0.29, 0.717) is 21.0 Å². The molecule has 6 nitrogen and oxygen atoms in total. The highest BCUT2D eigenvalue weighted by molar-refractivity contribution is 7.18. The normalized spacial score (nSPS) is 15.4. The van der Waals surface area contributed by atoms with Crippen LogP contribution in [-0.2, 0) is 4.79 Å². The van der Waals surface area contributed by atoms with Crippen LogP contribution in [0.1, 0.15) is 32.5 Å². The Labute approximate surface area is 159 Å². The molecule has 0 radical (unpaired) electrons. The number of aromatic amines is 1. The van der Waals surface area contributed by atoms with Gasteiger partial charge < -0.3 is 20.7 Å². The first-order valence-electron chi connectivity index (χ1n) is 8.43. The van der Waals surface area contributed by atoms with Gasteiger partial charge in [-0.1, -0.05) is 30.3 Å². The molecule has 0 bridgehead atoms. The molecular weight excluding hydrogens is 362 g/mol. The molecule has 0 fully saturated rings. The molecule has 4 N–H and O–H groups in total. The molecule has 3 aromatic rings. The fourth-order valence-corrected chi connectivity index (χ4v) is 3.94. The summed E-state index contributed by atoms with van der Waals surface area (Å²) in [6, 6.07) is 14.2. The molecule has 0 spiro atoms. The fourth-order valence-electron chi connectivity index (χ4n) is 2.97. The van der Waals surface area contributed by atoms with Gasteiger partial charge in [0, 0.05) is 17.5 Å². The topological polar surface area (TPSA) is 94.2 Å². The molecule has 0 saturated heterocycles. The molecule has 0 aliphatic carbocycles. The van der Waals surface area contributed by atoms with E-state index in [1.807, 2.05) is 42.5 Å². The van der Waals surface area contributed by atoms with Crippen molar-refractivity contribution in [1.29, 1.82) is 0 Å². The van der Waals surface area contributed by atoms with Gasteiger partial charge in [0.05, 0.1) is 23.1 Å². The molecule has 1 aliphatic rings. The molecule has 3 heterocycles. The van der Waals surface area contributed by atoms with Crippen molar-refractivity contribution in [3.63, 3.8) is 0 Å². The maximum atomic E-state index is 12.6. The van der Waals surface area contributed by atoms with Gasteiger partial charge in [-0.3, -0.25) is 9.59 Å². The number of aliphatic hydroxyl groups is 1. The Balaban J connectivity index is 1.57. The number of aliphatic hydroxyl groups excluding tert-OH is 1. The van der Waals surface area contributed by atoms with Crippen LogP contribution >= 0.6 is 11.3 Å². The van der Waals surface area contributed by atoms with E-state index in [9.17, 15) is 14.7 Å². The molecule has 2 amide bonds. The van der Waals surface area contributed by atoms with Crippen molar-refractivity contribution in [1.82, 2.24) is 10.3 Å². The van der Waals surface area contributed by atoms with Gasteiger partial charge in [-0.2, -0.15) is 0 Å². The van der Waals surface area contributed by atoms with Crippen LogP contribution in [0.3, 0.4) is 0 Å². The van der Waals surface area contributed by atoms with Gasteiger partial charge in [-0.05, 0) is 29.8 Å². The molecule has 0 saturated carbocycles. The predicted molar refractivity (Wildman–Crippen MR) is 105 cm³/mol. The van der Waals surface area contributed by atoms with Gasteiger partial charge in [-0.25, -0.2) is 0 Å². The number of hydrogen-bond donors (Lipinski definition) is 4. The number of nitrogens with one attached hydrogen (secondary N) is 3. The Hall–Kier alpha value is -3.16. The third-order valence-corrected chi connectivity index (χ3v) is 5.38. The summed E-state index contributed by atoms with van der Waals surface area (Å²) >= 11 is 1.22. The summed E-state index contributed by atoms with van der Waals surface area (Å²) in [5.74, 6) is -0.471. The molecule has 1 aliphatic heterocycles. The molecular formula is C20H17N3O3S. The zero-order valence-corrected chi connectivity index (χ0v) is 15.0. The maximum absolute atomic E-state index is 12.6. The van der Waals surface area contributed by atoms with Crippen LogP contribution < -0.4 is 10.6 Å². The lowest BCUT2D eigenvalue weighted by molar-refractivity contribution is -0.110. The lowest BCUT2D eigenvalue weighted by Gasteiger charge is -2.16. The summed E-state index contributed by atoms with van der Waals surface area (Å²) in [6.45, 7) is -0.199. The molecule has 7 heteroatoms. The first-order valence-corrected chi connectivity index (χ1v) is 9.24. The van der Waals surface area contributed by atoms with E-state index in [2.05, 4.69) is 15.6 Å². The Morgan fingerprint density at radius 1 is 1.22 bits per heavy atom. The molecule has 4 rings (SSSR count). The fraction of sp³-hybridized carbons (Fsp3) is 0.100. The average Bonchev–Trinajstić information content (AvgIpc) is 3.39. The molecule has 2 aromatic heterocycles. The predicted octanol–water partition coefficient (Wildman–Crippen LogP) is 3.03. The minimum Gasteiger partial charge on any atom is -0.394 e. The van der Waals surface area contributed by atoms with Gasteiger partial charge >= 0.3 is 0 Å². The van der Waals surface area contributed by atoms with Crippen LogP contribution in [0.15, 0.2) is 54.7 Å². The summed E-state index contributed by atoms with van der Waals surface area (Å²) in [6.07, 6.45) is 3.54. The zero-order valence-electron chi connectivity index (χ0n) is 14.2. The molecule has 1 aromatic carbocycles. The monoisotopic (exact) mass is 379 g/mol. The number of H-pyrrole nitrogens is 1. The second-order valence-corrected chi connectivity index (χ2v) is 7.16. The van der Waals surface area contributed by atoms with Crippen molar-refractivity contribution in [2.75, 3.05) is 11.9 Å². The largest absolute Gasteiger partial charge is 0.394 e. The lowest BCUT2D eigenvalue weighted by Crippen LogP contribution is -2.30. The molecule has 0 unspecified atom stereocenters. The average molecular weight is 379 g/mol. The quantitative estimate of drug-likeness (QED) is 0.513. The SMILES string of the molecule is O=C1Nc2sc(C(=O)N[C@@H](CO)c3ccccc3)cc2C1=Cc1ccc[nH]1. The van der Waals surface area contributed by atoms with Crippen LogP contribution in [-0.4, -0.2) is 28.5 Å². The lowest BCUT2D eigenvalue weighted by atomic mass is 10.1. The first kappa shape index (κ1) is 17.3. The van der Waals surface area contributed by atoms with E-state index in [0.717, 1.165) is 11.3 Å². The van der Waals surface area contributed by atoms with Crippen LogP contribution in [0.25, 0.3) is 11.6 Å². The minimum absolute atomic E-state index is 0.185. The number of fused-ring (bicyclic) bond motifs is 1. The molecule has 136 valence electrons. The number of carbonyl (C=O) groups is 2. The van der Waals surface area contributed by atoms with Crippen molar-refractivity contribution in [2.24, 2.45) is 0 Å². The Morgan fingerprint density at radius 3 is 2.74 bits per heavy atom. The summed E-state index contributed by atoms with van der Waals surface area (Å²) < 4.78 is 0. The van der Waals surface area contributed by atoms with Crippen molar-refractivity contribution in [3.8, 4) is 0 Å². The zero-order chi connectivity index (χ0) is 18.8.